The summed E-state index contributed by atoms with van der Waals surface area (Å²) in [4.78, 5) is 3.08. The van der Waals surface area contributed by atoms with Crippen molar-refractivity contribution in [3.05, 3.63) is 28.8 Å². The minimum atomic E-state index is 0.733. The third-order valence-electron chi connectivity index (χ3n) is 3.43. The average Bonchev–Trinajstić information content (AvgIpc) is 2.27. The van der Waals surface area contributed by atoms with E-state index in [1.54, 1.807) is 7.11 Å². The van der Waals surface area contributed by atoms with Crippen LogP contribution in [0.1, 0.15) is 18.4 Å². The van der Waals surface area contributed by atoms with Gasteiger partial charge in [-0.15, -0.1) is 0 Å². The highest BCUT2D eigenvalue weighted by Gasteiger charge is 2.27. The average molecular weight is 333 g/mol. The van der Waals surface area contributed by atoms with Crippen molar-refractivity contribution in [3.8, 4) is 5.75 Å². The van der Waals surface area contributed by atoms with Crippen LogP contribution in [0.4, 0.5) is 0 Å². The van der Waals surface area contributed by atoms with Gasteiger partial charge in [0.2, 0.25) is 0 Å². The van der Waals surface area contributed by atoms with Crippen LogP contribution < -0.4 is 4.74 Å². The lowest BCUT2D eigenvalue weighted by molar-refractivity contribution is 0.206. The predicted octanol–water partition coefficient (Wildman–Crippen LogP) is 3.95. The lowest BCUT2D eigenvalue weighted by Crippen LogP contribution is -2.34. The van der Waals surface area contributed by atoms with E-state index in [0.717, 1.165) is 40.2 Å². The molecule has 18 heavy (non-hydrogen) atoms. The molecule has 0 spiro atoms. The molecule has 0 aromatic heterocycles. The smallest absolute Gasteiger partial charge is 0.123 e. The number of rotatable bonds is 5. The van der Waals surface area contributed by atoms with Crippen LogP contribution in [0.25, 0.3) is 0 Å². The molecular formula is C14H19BrClNO. The fourth-order valence-electron chi connectivity index (χ4n) is 2.47. The van der Waals surface area contributed by atoms with E-state index in [-0.39, 0.29) is 0 Å². The topological polar surface area (TPSA) is 12.5 Å². The van der Waals surface area contributed by atoms with Gasteiger partial charge in [-0.1, -0.05) is 27.5 Å². The zero-order chi connectivity index (χ0) is 13.1. The van der Waals surface area contributed by atoms with Gasteiger partial charge in [-0.2, -0.15) is 0 Å². The van der Waals surface area contributed by atoms with Crippen LogP contribution in [0.2, 0.25) is 5.02 Å². The van der Waals surface area contributed by atoms with Crippen molar-refractivity contribution in [2.24, 2.45) is 5.92 Å². The zero-order valence-electron chi connectivity index (χ0n) is 10.8. The fraction of sp³-hybridized carbons (Fsp3) is 0.571. The predicted molar refractivity (Wildman–Crippen MR) is 79.8 cm³/mol. The van der Waals surface area contributed by atoms with Gasteiger partial charge in [0.05, 0.1) is 7.11 Å². The van der Waals surface area contributed by atoms with Gasteiger partial charge in [0, 0.05) is 28.5 Å². The Balaban J connectivity index is 1.93. The molecule has 1 aromatic rings. The van der Waals surface area contributed by atoms with Crippen LogP contribution in [0.15, 0.2) is 18.2 Å². The van der Waals surface area contributed by atoms with E-state index < -0.39 is 0 Å². The Morgan fingerprint density at radius 3 is 2.78 bits per heavy atom. The van der Waals surface area contributed by atoms with Crippen LogP contribution in [-0.2, 0) is 6.54 Å². The molecule has 2 rings (SSSR count). The van der Waals surface area contributed by atoms with Gasteiger partial charge in [-0.3, -0.25) is 0 Å². The molecule has 0 atom stereocenters. The molecule has 0 radical (unpaired) electrons. The summed E-state index contributed by atoms with van der Waals surface area (Å²) in [6.07, 6.45) is 2.58. The summed E-state index contributed by atoms with van der Waals surface area (Å²) < 4.78 is 5.37. The minimum absolute atomic E-state index is 0.733. The van der Waals surface area contributed by atoms with Crippen LogP contribution in [0, 0.1) is 5.92 Å². The maximum atomic E-state index is 6.04. The monoisotopic (exact) mass is 331 g/mol. The summed E-state index contributed by atoms with van der Waals surface area (Å²) in [6.45, 7) is 2.02. The highest BCUT2D eigenvalue weighted by molar-refractivity contribution is 9.09. The molecule has 1 aromatic carbocycles. The Bertz CT molecular complexity index is 407. The second-order valence-corrected chi connectivity index (χ2v) is 6.82. The van der Waals surface area contributed by atoms with Gasteiger partial charge in [-0.05, 0) is 44.0 Å². The first-order valence-electron chi connectivity index (χ1n) is 6.23. The Kier molecular flexibility index (Phi) is 4.93. The van der Waals surface area contributed by atoms with Gasteiger partial charge in [0.1, 0.15) is 5.75 Å². The van der Waals surface area contributed by atoms with E-state index in [1.165, 1.54) is 12.8 Å². The Morgan fingerprint density at radius 2 is 2.17 bits per heavy atom. The first kappa shape index (κ1) is 14.2. The second kappa shape index (κ2) is 6.27. The van der Waals surface area contributed by atoms with E-state index in [9.17, 15) is 0 Å². The van der Waals surface area contributed by atoms with Crippen molar-refractivity contribution < 1.29 is 4.74 Å². The van der Waals surface area contributed by atoms with E-state index in [0.29, 0.717) is 0 Å². The number of hydrogen-bond acceptors (Lipinski definition) is 2. The maximum Gasteiger partial charge on any atom is 0.123 e. The number of methoxy groups -OCH3 is 1. The van der Waals surface area contributed by atoms with Crippen molar-refractivity contribution in [3.63, 3.8) is 0 Å². The number of alkyl halides is 1. The van der Waals surface area contributed by atoms with Crippen molar-refractivity contribution in [1.29, 1.82) is 0 Å². The van der Waals surface area contributed by atoms with Crippen LogP contribution in [0.5, 0.6) is 5.75 Å². The van der Waals surface area contributed by atoms with Gasteiger partial charge < -0.3 is 9.64 Å². The van der Waals surface area contributed by atoms with E-state index in [2.05, 4.69) is 27.9 Å². The zero-order valence-corrected chi connectivity index (χ0v) is 13.2. The van der Waals surface area contributed by atoms with Crippen LogP contribution >= 0.6 is 27.5 Å². The number of benzene rings is 1. The molecule has 0 bridgehead atoms. The Hall–Kier alpha value is -0.250. The molecule has 0 heterocycles. The first-order valence-corrected chi connectivity index (χ1v) is 7.53. The van der Waals surface area contributed by atoms with Crippen molar-refractivity contribution in [2.45, 2.75) is 24.2 Å². The number of ether oxygens (including phenoxy) is 1. The van der Waals surface area contributed by atoms with Gasteiger partial charge >= 0.3 is 0 Å². The fourth-order valence-corrected chi connectivity index (χ4v) is 3.72. The molecule has 1 aliphatic carbocycles. The molecule has 100 valence electrons. The van der Waals surface area contributed by atoms with Crippen LogP contribution in [-0.4, -0.2) is 30.4 Å². The molecule has 1 fully saturated rings. The first-order chi connectivity index (χ1) is 8.58. The molecule has 2 nitrogen and oxygen atoms in total. The molecule has 4 heteroatoms. The normalized spacial score (nSPS) is 22.9. The van der Waals surface area contributed by atoms with Gasteiger partial charge in [-0.25, -0.2) is 0 Å². The summed E-state index contributed by atoms with van der Waals surface area (Å²) >= 11 is 9.67. The molecule has 0 unspecified atom stereocenters. The van der Waals surface area contributed by atoms with E-state index in [1.807, 2.05) is 18.2 Å². The number of hydrogen-bond donors (Lipinski definition) is 0. The summed E-state index contributed by atoms with van der Waals surface area (Å²) in [7, 11) is 3.86. The number of halogens is 2. The van der Waals surface area contributed by atoms with Crippen molar-refractivity contribution in [2.75, 3.05) is 20.7 Å². The molecule has 1 aliphatic rings. The van der Waals surface area contributed by atoms with Crippen molar-refractivity contribution in [1.82, 2.24) is 4.90 Å². The Morgan fingerprint density at radius 1 is 1.44 bits per heavy atom. The molecule has 0 aliphatic heterocycles. The lowest BCUT2D eigenvalue weighted by atomic mass is 9.85. The third kappa shape index (κ3) is 3.62. The molecule has 0 N–H and O–H groups in total. The summed E-state index contributed by atoms with van der Waals surface area (Å²) in [5.74, 6) is 1.74. The third-order valence-corrected chi connectivity index (χ3v) is 4.41. The highest BCUT2D eigenvalue weighted by atomic mass is 79.9. The molecule has 0 saturated heterocycles. The second-order valence-electron chi connectivity index (χ2n) is 5.09. The summed E-state index contributed by atoms with van der Waals surface area (Å²) in [5, 5.41) is 0.767. The van der Waals surface area contributed by atoms with E-state index in [4.69, 9.17) is 16.3 Å². The standard InChI is InChI=1S/C14H19BrClNO/c1-17(8-10-5-12(15)6-10)9-11-7-13(16)3-4-14(11)18-2/h3-4,7,10,12H,5-6,8-9H2,1-2H3. The molecular weight excluding hydrogens is 314 g/mol. The quantitative estimate of drug-likeness (QED) is 0.757. The van der Waals surface area contributed by atoms with E-state index >= 15 is 0 Å². The molecule has 0 amide bonds. The summed E-state index contributed by atoms with van der Waals surface area (Å²) in [5.41, 5.74) is 1.15. The number of nitrogens with zero attached hydrogens (tertiary/aromatic N) is 1. The highest BCUT2D eigenvalue weighted by Crippen LogP contribution is 2.34. The lowest BCUT2D eigenvalue weighted by Gasteiger charge is -2.34. The van der Waals surface area contributed by atoms with Gasteiger partial charge in [0.15, 0.2) is 0 Å². The van der Waals surface area contributed by atoms with Crippen LogP contribution in [0.3, 0.4) is 0 Å². The SMILES string of the molecule is COc1ccc(Cl)cc1CN(C)CC1CC(Br)C1. The summed E-state index contributed by atoms with van der Waals surface area (Å²) in [6, 6.07) is 5.79. The molecule has 1 saturated carbocycles. The Labute approximate surface area is 122 Å². The maximum absolute atomic E-state index is 6.04. The minimum Gasteiger partial charge on any atom is -0.496 e. The van der Waals surface area contributed by atoms with Crippen molar-refractivity contribution >= 4 is 27.5 Å². The van der Waals surface area contributed by atoms with Gasteiger partial charge in [0.25, 0.3) is 0 Å². The largest absolute Gasteiger partial charge is 0.496 e.